The third-order valence-corrected chi connectivity index (χ3v) is 19.8. The lowest BCUT2D eigenvalue weighted by molar-refractivity contribution is -0.360. The summed E-state index contributed by atoms with van der Waals surface area (Å²) in [5.41, 5.74) is 0. The Kier molecular flexibility index (Phi) is 47.7. The van der Waals surface area contributed by atoms with Gasteiger partial charge in [-0.15, -0.1) is 0 Å². The summed E-state index contributed by atoms with van der Waals surface area (Å²) < 4.78 is 65.0. The molecular formula is C70H131O24P. The monoisotopic (exact) mass is 1390 g/mol. The van der Waals surface area contributed by atoms with Crippen molar-refractivity contribution >= 4 is 25.7 Å². The summed E-state index contributed by atoms with van der Waals surface area (Å²) in [6, 6.07) is 0. The second-order valence-electron chi connectivity index (χ2n) is 27.3. The fourth-order valence-corrected chi connectivity index (χ4v) is 13.6. The average molecular weight is 1390 g/mol. The molecule has 0 aromatic heterocycles. The van der Waals surface area contributed by atoms with E-state index in [-0.39, 0.29) is 19.3 Å². The Balaban J connectivity index is 1.74. The van der Waals surface area contributed by atoms with Crippen molar-refractivity contribution in [3.05, 3.63) is 0 Å². The van der Waals surface area contributed by atoms with Crippen LogP contribution in [0.2, 0.25) is 0 Å². The first-order valence-electron chi connectivity index (χ1n) is 37.2. The molecule has 0 aromatic carbocycles. The summed E-state index contributed by atoms with van der Waals surface area (Å²) in [6.07, 6.45) is 6.21. The fraction of sp³-hybridized carbons (Fsp3) is 0.957. The van der Waals surface area contributed by atoms with Crippen molar-refractivity contribution in [3.8, 4) is 0 Å². The number of hydrogen-bond donors (Lipinski definition) is 11. The quantitative estimate of drug-likeness (QED) is 0.0117. The third kappa shape index (κ3) is 35.9. The summed E-state index contributed by atoms with van der Waals surface area (Å²) in [5.74, 6) is -1.28. The second kappa shape index (κ2) is 52.0. The number of aliphatic hydroxyl groups is 10. The van der Waals surface area contributed by atoms with Gasteiger partial charge in [0.2, 0.25) is 0 Å². The molecule has 2 heterocycles. The van der Waals surface area contributed by atoms with Crippen LogP contribution in [0.25, 0.3) is 0 Å². The largest absolute Gasteiger partial charge is 0.472 e. The Morgan fingerprint density at radius 3 is 1.14 bits per heavy atom. The van der Waals surface area contributed by atoms with Crippen LogP contribution in [0.15, 0.2) is 0 Å². The van der Waals surface area contributed by atoms with Crippen molar-refractivity contribution in [1.29, 1.82) is 0 Å². The van der Waals surface area contributed by atoms with Gasteiger partial charge in [0.25, 0.3) is 0 Å². The van der Waals surface area contributed by atoms with Crippen LogP contribution < -0.4 is 0 Å². The summed E-state index contributed by atoms with van der Waals surface area (Å²) in [7, 11) is -5.69. The van der Waals surface area contributed by atoms with E-state index >= 15 is 0 Å². The maximum Gasteiger partial charge on any atom is 0.472 e. The van der Waals surface area contributed by atoms with E-state index in [4.69, 9.17) is 42.2 Å². The van der Waals surface area contributed by atoms with Gasteiger partial charge in [-0.3, -0.25) is 23.4 Å². The minimum atomic E-state index is -5.69. The number of phosphoric ester groups is 1. The van der Waals surface area contributed by atoms with Crippen LogP contribution in [0.5, 0.6) is 0 Å². The lowest BCUT2D eigenvalue weighted by Crippen LogP contribution is -2.69. The van der Waals surface area contributed by atoms with Gasteiger partial charge in [-0.2, -0.15) is 0 Å². The topological polar surface area (TPSA) is 374 Å². The van der Waals surface area contributed by atoms with Crippen molar-refractivity contribution < 1.29 is 117 Å². The number of esters is 3. The number of rotatable bonds is 57. The molecule has 1 saturated carbocycles. The van der Waals surface area contributed by atoms with Crippen LogP contribution in [0, 0.1) is 5.92 Å². The SMILES string of the molecule is CCCCCCCCCCCCCCCC(=O)OCC(COP(=O)(O)OC1C(OC2OC(CO)C(O)C(O)C2O)C(O)C(O)C(O)C1OC1OC(COC(=O)CCCCCCCCC(C)CCCCCCCC)C(O)C(O)C1O)OC(=O)CCCCCCCCCCCCC. The second-order valence-corrected chi connectivity index (χ2v) is 28.7. The number of hydrogen-bond acceptors (Lipinski definition) is 23. The number of carbonyl (C=O) groups excluding carboxylic acids is 3. The zero-order valence-corrected chi connectivity index (χ0v) is 59.3. The Labute approximate surface area is 568 Å². The van der Waals surface area contributed by atoms with Crippen LogP contribution >= 0.6 is 7.82 Å². The zero-order valence-electron chi connectivity index (χ0n) is 58.4. The Hall–Kier alpha value is -2.04. The van der Waals surface area contributed by atoms with Gasteiger partial charge in [0.05, 0.1) is 13.2 Å². The standard InChI is InChI=1S/C70H131O24P/c1-5-8-11-14-17-19-21-22-24-25-27-33-38-43-54(72)86-47-51(89-56(74)45-40-35-28-26-23-20-18-15-12-9-6-2)48-88-95(84,85)94-68-66(92-69-64(82)59(77)57(75)52(46-71)90-69)62(80)61(79)63(81)67(68)93-70-65(83)60(78)58(76)53(91-70)49-87-55(73)44-39-34-30-29-32-37-42-50(4)41-36-31-16-13-10-7-3/h50-53,57-71,75-83H,5-49H2,1-4H3,(H,84,85). The molecule has 95 heavy (non-hydrogen) atoms. The molecule has 1 aliphatic carbocycles. The number of aliphatic hydroxyl groups excluding tert-OH is 10. The Bertz CT molecular complexity index is 1990. The number of carbonyl (C=O) groups is 3. The van der Waals surface area contributed by atoms with Crippen molar-refractivity contribution in [2.75, 3.05) is 26.4 Å². The molecule has 19 atom stereocenters. The lowest BCUT2D eigenvalue weighted by atomic mass is 9.84. The highest BCUT2D eigenvalue weighted by atomic mass is 31.2. The summed E-state index contributed by atoms with van der Waals surface area (Å²) in [5, 5.41) is 110. The van der Waals surface area contributed by atoms with Gasteiger partial charge in [-0.05, 0) is 25.2 Å². The van der Waals surface area contributed by atoms with E-state index in [1.54, 1.807) is 0 Å². The van der Waals surface area contributed by atoms with E-state index in [2.05, 4.69) is 27.7 Å². The van der Waals surface area contributed by atoms with Gasteiger partial charge in [0.1, 0.15) is 98.7 Å². The van der Waals surface area contributed by atoms with E-state index in [1.165, 1.54) is 135 Å². The Morgan fingerprint density at radius 2 is 0.737 bits per heavy atom. The van der Waals surface area contributed by atoms with Gasteiger partial charge in [0.15, 0.2) is 18.7 Å². The highest BCUT2D eigenvalue weighted by Gasteiger charge is 2.58. The molecule has 0 spiro atoms. The molecule has 2 saturated heterocycles. The fourth-order valence-electron chi connectivity index (χ4n) is 12.6. The predicted molar refractivity (Wildman–Crippen MR) is 356 cm³/mol. The minimum absolute atomic E-state index is 0.0309. The number of unbranched alkanes of at least 4 members (excludes halogenated alkanes) is 32. The first kappa shape index (κ1) is 87.2. The van der Waals surface area contributed by atoms with Crippen molar-refractivity contribution in [1.82, 2.24) is 0 Å². The zero-order chi connectivity index (χ0) is 69.8. The predicted octanol–water partition coefficient (Wildman–Crippen LogP) is 9.65. The summed E-state index contributed by atoms with van der Waals surface area (Å²) in [4.78, 5) is 50.9. The molecule has 3 fully saturated rings. The van der Waals surface area contributed by atoms with Gasteiger partial charge in [-0.1, -0.05) is 252 Å². The normalized spacial score (nSPS) is 28.4. The molecule has 0 aromatic rings. The molecule has 24 nitrogen and oxygen atoms in total. The molecule has 560 valence electrons. The van der Waals surface area contributed by atoms with Gasteiger partial charge in [-0.25, -0.2) is 4.57 Å². The van der Waals surface area contributed by atoms with Gasteiger partial charge >= 0.3 is 25.7 Å². The van der Waals surface area contributed by atoms with E-state index in [1.807, 2.05) is 0 Å². The third-order valence-electron chi connectivity index (χ3n) is 18.8. The smallest absolute Gasteiger partial charge is 0.463 e. The van der Waals surface area contributed by atoms with Crippen molar-refractivity contribution in [2.45, 2.75) is 395 Å². The average Bonchev–Trinajstić information content (AvgIpc) is 0.764. The molecule has 3 rings (SSSR count). The van der Waals surface area contributed by atoms with E-state index < -0.39 is 156 Å². The van der Waals surface area contributed by atoms with Gasteiger partial charge < -0.3 is 89.1 Å². The van der Waals surface area contributed by atoms with Crippen LogP contribution in [0.3, 0.4) is 0 Å². The van der Waals surface area contributed by atoms with Crippen molar-refractivity contribution in [3.63, 3.8) is 0 Å². The maximum atomic E-state index is 14.3. The van der Waals surface area contributed by atoms with E-state index in [0.717, 1.165) is 89.9 Å². The van der Waals surface area contributed by atoms with Crippen LogP contribution in [0.1, 0.15) is 291 Å². The van der Waals surface area contributed by atoms with Crippen LogP contribution in [-0.2, 0) is 61.2 Å². The van der Waals surface area contributed by atoms with Crippen LogP contribution in [-0.4, -0.2) is 204 Å². The van der Waals surface area contributed by atoms with Crippen molar-refractivity contribution in [2.24, 2.45) is 5.92 Å². The highest BCUT2D eigenvalue weighted by molar-refractivity contribution is 7.47. The molecule has 0 bridgehead atoms. The highest BCUT2D eigenvalue weighted by Crippen LogP contribution is 2.49. The maximum absolute atomic E-state index is 14.3. The Morgan fingerprint density at radius 1 is 0.400 bits per heavy atom. The first-order chi connectivity index (χ1) is 45.7. The minimum Gasteiger partial charge on any atom is -0.463 e. The molecule has 0 radical (unpaired) electrons. The number of phosphoric acid groups is 1. The molecule has 2 aliphatic heterocycles. The van der Waals surface area contributed by atoms with Gasteiger partial charge in [0, 0.05) is 19.3 Å². The van der Waals surface area contributed by atoms with Crippen LogP contribution in [0.4, 0.5) is 0 Å². The summed E-state index contributed by atoms with van der Waals surface area (Å²) >= 11 is 0. The molecule has 11 N–H and O–H groups in total. The lowest BCUT2D eigenvalue weighted by Gasteiger charge is -2.49. The molecule has 25 heteroatoms. The first-order valence-corrected chi connectivity index (χ1v) is 38.7. The molecule has 0 amide bonds. The summed E-state index contributed by atoms with van der Waals surface area (Å²) in [6.45, 7) is 5.75. The molecular weight excluding hydrogens is 1260 g/mol. The molecule has 19 unspecified atom stereocenters. The number of ether oxygens (including phenoxy) is 7. The van der Waals surface area contributed by atoms with E-state index in [9.17, 15) is 74.9 Å². The van der Waals surface area contributed by atoms with E-state index in [0.29, 0.717) is 25.2 Å². The molecule has 3 aliphatic rings.